The molecule has 126 valence electrons. The van der Waals surface area contributed by atoms with Gasteiger partial charge in [-0.3, -0.25) is 9.69 Å². The highest BCUT2D eigenvalue weighted by atomic mass is 19.1. The zero-order chi connectivity index (χ0) is 16.9. The normalized spacial score (nSPS) is 18.6. The lowest BCUT2D eigenvalue weighted by Crippen LogP contribution is -2.54. The number of carbonyl (C=O) groups excluding carboxylic acids is 1. The molecule has 0 saturated carbocycles. The average molecular weight is 326 g/mol. The van der Waals surface area contributed by atoms with Gasteiger partial charge in [0.2, 0.25) is 5.91 Å². The van der Waals surface area contributed by atoms with Crippen LogP contribution in [0.1, 0.15) is 18.1 Å². The Labute approximate surface area is 142 Å². The van der Waals surface area contributed by atoms with E-state index in [4.69, 9.17) is 0 Å². The second kappa shape index (κ2) is 7.58. The Kier molecular flexibility index (Phi) is 5.26. The van der Waals surface area contributed by atoms with Gasteiger partial charge in [-0.25, -0.2) is 4.39 Å². The molecule has 2 aromatic rings. The lowest BCUT2D eigenvalue weighted by atomic mass is 10.1. The summed E-state index contributed by atoms with van der Waals surface area (Å²) in [6.45, 7) is 5.53. The molecule has 1 fully saturated rings. The van der Waals surface area contributed by atoms with Crippen LogP contribution in [0.25, 0.3) is 0 Å². The molecule has 0 radical (unpaired) electrons. The van der Waals surface area contributed by atoms with Crippen LogP contribution < -0.4 is 0 Å². The molecule has 1 amide bonds. The summed E-state index contributed by atoms with van der Waals surface area (Å²) in [4.78, 5) is 16.9. The Morgan fingerprint density at radius 3 is 2.42 bits per heavy atom. The average Bonchev–Trinajstić information content (AvgIpc) is 2.58. The third-order valence-electron chi connectivity index (χ3n) is 4.55. The molecule has 0 N–H and O–H groups in total. The van der Waals surface area contributed by atoms with Gasteiger partial charge < -0.3 is 4.90 Å². The van der Waals surface area contributed by atoms with Crippen LogP contribution >= 0.6 is 0 Å². The van der Waals surface area contributed by atoms with Crippen LogP contribution in [-0.2, 0) is 17.8 Å². The van der Waals surface area contributed by atoms with Gasteiger partial charge in [-0.2, -0.15) is 0 Å². The van der Waals surface area contributed by atoms with E-state index in [0.29, 0.717) is 6.42 Å². The van der Waals surface area contributed by atoms with E-state index < -0.39 is 0 Å². The topological polar surface area (TPSA) is 23.6 Å². The van der Waals surface area contributed by atoms with E-state index in [1.54, 1.807) is 12.1 Å². The van der Waals surface area contributed by atoms with Gasteiger partial charge in [-0.1, -0.05) is 42.5 Å². The molecular weight excluding hydrogens is 303 g/mol. The maximum Gasteiger partial charge on any atom is 0.227 e. The smallest absolute Gasteiger partial charge is 0.227 e. The van der Waals surface area contributed by atoms with Gasteiger partial charge in [0.05, 0.1) is 6.42 Å². The number of benzene rings is 2. The fraction of sp³-hybridized carbons (Fsp3) is 0.350. The lowest BCUT2D eigenvalue weighted by Gasteiger charge is -2.40. The summed E-state index contributed by atoms with van der Waals surface area (Å²) in [6, 6.07) is 16.8. The Morgan fingerprint density at radius 1 is 1.04 bits per heavy atom. The molecule has 0 aromatic heterocycles. The van der Waals surface area contributed by atoms with E-state index in [9.17, 15) is 9.18 Å². The molecule has 3 nitrogen and oxygen atoms in total. The molecule has 3 rings (SSSR count). The largest absolute Gasteiger partial charge is 0.337 e. The molecule has 1 heterocycles. The van der Waals surface area contributed by atoms with Crippen LogP contribution in [0.2, 0.25) is 0 Å². The van der Waals surface area contributed by atoms with Crippen molar-refractivity contribution in [2.45, 2.75) is 25.9 Å². The molecule has 24 heavy (non-hydrogen) atoms. The molecule has 1 aliphatic rings. The number of amides is 1. The summed E-state index contributed by atoms with van der Waals surface area (Å²) in [7, 11) is 0. The maximum atomic E-state index is 13.0. The van der Waals surface area contributed by atoms with Crippen molar-refractivity contribution < 1.29 is 9.18 Å². The number of rotatable bonds is 4. The van der Waals surface area contributed by atoms with Gasteiger partial charge in [-0.15, -0.1) is 0 Å². The molecule has 0 aliphatic carbocycles. The van der Waals surface area contributed by atoms with Crippen molar-refractivity contribution in [3.8, 4) is 0 Å². The highest BCUT2D eigenvalue weighted by molar-refractivity contribution is 5.79. The fourth-order valence-electron chi connectivity index (χ4n) is 3.27. The van der Waals surface area contributed by atoms with E-state index in [1.807, 2.05) is 11.0 Å². The second-order valence-electron chi connectivity index (χ2n) is 6.46. The van der Waals surface area contributed by atoms with Crippen LogP contribution in [0.3, 0.4) is 0 Å². The Hall–Kier alpha value is -2.20. The van der Waals surface area contributed by atoms with Gasteiger partial charge in [0.25, 0.3) is 0 Å². The van der Waals surface area contributed by atoms with Crippen molar-refractivity contribution >= 4 is 5.91 Å². The zero-order valence-corrected chi connectivity index (χ0v) is 14.0. The van der Waals surface area contributed by atoms with Gasteiger partial charge in [0, 0.05) is 32.2 Å². The SMILES string of the molecule is CC1CN(Cc2ccccc2)CCN1C(=O)Cc1ccc(F)cc1. The maximum absolute atomic E-state index is 13.0. The van der Waals surface area contributed by atoms with Crippen molar-refractivity contribution in [3.63, 3.8) is 0 Å². The predicted molar refractivity (Wildman–Crippen MR) is 93.0 cm³/mol. The summed E-state index contributed by atoms with van der Waals surface area (Å²) in [5.74, 6) is -0.150. The van der Waals surface area contributed by atoms with E-state index >= 15 is 0 Å². The first-order valence-electron chi connectivity index (χ1n) is 8.42. The predicted octanol–water partition coefficient (Wildman–Crippen LogP) is 3.10. The Morgan fingerprint density at radius 2 is 1.75 bits per heavy atom. The lowest BCUT2D eigenvalue weighted by molar-refractivity contribution is -0.135. The molecule has 1 saturated heterocycles. The van der Waals surface area contributed by atoms with Crippen molar-refractivity contribution in [1.29, 1.82) is 0 Å². The molecule has 2 aromatic carbocycles. The molecule has 1 atom stereocenters. The van der Waals surface area contributed by atoms with Gasteiger partial charge in [-0.05, 0) is 30.2 Å². The van der Waals surface area contributed by atoms with Gasteiger partial charge in [0.1, 0.15) is 5.82 Å². The van der Waals surface area contributed by atoms with E-state index in [-0.39, 0.29) is 17.8 Å². The summed E-state index contributed by atoms with van der Waals surface area (Å²) in [5, 5.41) is 0. The number of halogens is 1. The number of hydrogen-bond acceptors (Lipinski definition) is 2. The summed E-state index contributed by atoms with van der Waals surface area (Å²) in [5.41, 5.74) is 2.16. The summed E-state index contributed by atoms with van der Waals surface area (Å²) < 4.78 is 13.0. The number of nitrogens with zero attached hydrogens (tertiary/aromatic N) is 2. The van der Waals surface area contributed by atoms with Crippen LogP contribution in [0.15, 0.2) is 54.6 Å². The second-order valence-corrected chi connectivity index (χ2v) is 6.46. The molecule has 0 spiro atoms. The minimum Gasteiger partial charge on any atom is -0.337 e. The highest BCUT2D eigenvalue weighted by Gasteiger charge is 2.27. The number of piperazine rings is 1. The summed E-state index contributed by atoms with van der Waals surface area (Å²) >= 11 is 0. The highest BCUT2D eigenvalue weighted by Crippen LogP contribution is 2.15. The first-order valence-corrected chi connectivity index (χ1v) is 8.42. The standard InChI is InChI=1S/C20H23FN2O/c1-16-14-22(15-18-5-3-2-4-6-18)11-12-23(16)20(24)13-17-7-9-19(21)10-8-17/h2-10,16H,11-15H2,1H3. The molecule has 4 heteroatoms. The molecule has 1 unspecified atom stereocenters. The van der Waals surface area contributed by atoms with Crippen molar-refractivity contribution in [1.82, 2.24) is 9.80 Å². The van der Waals surface area contributed by atoms with Crippen LogP contribution in [0, 0.1) is 5.82 Å². The first kappa shape index (κ1) is 16.7. The zero-order valence-electron chi connectivity index (χ0n) is 14.0. The van der Waals surface area contributed by atoms with Crippen molar-refractivity contribution in [2.75, 3.05) is 19.6 Å². The minimum atomic E-state index is -0.269. The van der Waals surface area contributed by atoms with Crippen LogP contribution in [0.5, 0.6) is 0 Å². The quantitative estimate of drug-likeness (QED) is 0.862. The molecule has 1 aliphatic heterocycles. The fourth-order valence-corrected chi connectivity index (χ4v) is 3.27. The Balaban J connectivity index is 1.55. The minimum absolute atomic E-state index is 0.119. The Bertz CT molecular complexity index is 672. The van der Waals surface area contributed by atoms with Gasteiger partial charge in [0.15, 0.2) is 0 Å². The third kappa shape index (κ3) is 4.20. The van der Waals surface area contributed by atoms with Crippen LogP contribution in [0.4, 0.5) is 4.39 Å². The van der Waals surface area contributed by atoms with Crippen molar-refractivity contribution in [3.05, 3.63) is 71.5 Å². The number of hydrogen-bond donors (Lipinski definition) is 0. The molecule has 0 bridgehead atoms. The van der Waals surface area contributed by atoms with Crippen LogP contribution in [-0.4, -0.2) is 41.4 Å². The molecular formula is C20H23FN2O. The van der Waals surface area contributed by atoms with E-state index in [0.717, 1.165) is 31.7 Å². The monoisotopic (exact) mass is 326 g/mol. The number of carbonyl (C=O) groups is 1. The first-order chi connectivity index (χ1) is 11.6. The van der Waals surface area contributed by atoms with E-state index in [1.165, 1.54) is 17.7 Å². The summed E-state index contributed by atoms with van der Waals surface area (Å²) in [6.07, 6.45) is 0.337. The van der Waals surface area contributed by atoms with Gasteiger partial charge >= 0.3 is 0 Å². The van der Waals surface area contributed by atoms with Crippen molar-refractivity contribution in [2.24, 2.45) is 0 Å². The van der Waals surface area contributed by atoms with E-state index in [2.05, 4.69) is 36.1 Å². The third-order valence-corrected chi connectivity index (χ3v) is 4.55.